The maximum Gasteiger partial charge on any atom is 0.419 e. The molecule has 1 fully saturated rings. The van der Waals surface area contributed by atoms with Crippen LogP contribution in [0.1, 0.15) is 82.1 Å². The van der Waals surface area contributed by atoms with E-state index in [9.17, 15) is 37.1 Å². The fraction of sp³-hybridized carbons (Fsp3) is 0.386. The number of halogens is 4. The molecule has 1 N–H and O–H groups in total. The molecule has 3 heterocycles. The van der Waals surface area contributed by atoms with E-state index in [0.29, 0.717) is 47.8 Å². The molecule has 0 aliphatic carbocycles. The first kappa shape index (κ1) is 39.8. The lowest BCUT2D eigenvalue weighted by Crippen LogP contribution is -2.46. The van der Waals surface area contributed by atoms with E-state index in [4.69, 9.17) is 9.47 Å². The van der Waals surface area contributed by atoms with Crippen LogP contribution in [0.2, 0.25) is 0 Å². The van der Waals surface area contributed by atoms with Crippen LogP contribution in [0.25, 0.3) is 0 Å². The largest absolute Gasteiger partial charge is 0.508 e. The standard InChI is InChI=1S/C44H45F4N3O6/c45-40-15-8-30(24-39(40)44(46,47)48)38-28-57-41-25-34(54)10-14-37(41)42(38)29-6-11-35(12-7-29)56-22-3-1-2-16-49-17-19-50(20-18-49)32-9-13-36-31(23-32)26-51(43(36)55)33(27-53)5-4-21-52/h6-15,21,23-25,27,33,38,42,54H,1-5,16-20,22,26,28H2/t33?,38-,42-/m1/s1. The number of amides is 1. The van der Waals surface area contributed by atoms with Crippen molar-refractivity contribution >= 4 is 24.2 Å². The summed E-state index contributed by atoms with van der Waals surface area (Å²) in [6, 6.07) is 20.5. The van der Waals surface area contributed by atoms with Gasteiger partial charge >= 0.3 is 6.18 Å². The van der Waals surface area contributed by atoms with Gasteiger partial charge < -0.3 is 34.0 Å². The van der Waals surface area contributed by atoms with Crippen molar-refractivity contribution in [2.45, 2.75) is 62.7 Å². The second kappa shape index (κ2) is 17.4. The van der Waals surface area contributed by atoms with Crippen molar-refractivity contribution in [2.75, 3.05) is 50.8 Å². The van der Waals surface area contributed by atoms with Gasteiger partial charge in [0.05, 0.1) is 24.8 Å². The molecule has 0 spiro atoms. The summed E-state index contributed by atoms with van der Waals surface area (Å²) in [4.78, 5) is 41.7. The zero-order chi connectivity index (χ0) is 40.1. The molecule has 1 amide bonds. The summed E-state index contributed by atoms with van der Waals surface area (Å²) in [6.07, 6.45) is 0.138. The zero-order valence-electron chi connectivity index (χ0n) is 31.4. The van der Waals surface area contributed by atoms with Crippen LogP contribution < -0.4 is 14.4 Å². The summed E-state index contributed by atoms with van der Waals surface area (Å²) < 4.78 is 67.0. The highest BCUT2D eigenvalue weighted by Gasteiger charge is 2.38. The smallest absolute Gasteiger partial charge is 0.419 e. The number of nitrogens with zero attached hydrogens (tertiary/aromatic N) is 3. The average molecular weight is 788 g/mol. The summed E-state index contributed by atoms with van der Waals surface area (Å²) in [7, 11) is 0. The number of hydrogen-bond donors (Lipinski definition) is 1. The first-order valence-corrected chi connectivity index (χ1v) is 19.4. The Kier molecular flexibility index (Phi) is 12.1. The van der Waals surface area contributed by atoms with Crippen LogP contribution in [-0.2, 0) is 22.3 Å². The van der Waals surface area contributed by atoms with E-state index in [1.54, 1.807) is 11.0 Å². The number of piperazine rings is 1. The molecule has 7 rings (SSSR count). The molecule has 4 aromatic carbocycles. The van der Waals surface area contributed by atoms with Gasteiger partial charge in [0.15, 0.2) is 0 Å². The number of alkyl halides is 3. The number of aldehydes is 2. The molecule has 3 aliphatic rings. The molecule has 57 heavy (non-hydrogen) atoms. The molecule has 0 bridgehead atoms. The number of phenols is 1. The highest BCUT2D eigenvalue weighted by Crippen LogP contribution is 2.48. The molecular formula is C44H45F4N3O6. The minimum absolute atomic E-state index is 0.0127. The van der Waals surface area contributed by atoms with E-state index in [2.05, 4.69) is 15.9 Å². The highest BCUT2D eigenvalue weighted by atomic mass is 19.4. The molecular weight excluding hydrogens is 742 g/mol. The van der Waals surface area contributed by atoms with Crippen LogP contribution in [0, 0.1) is 5.82 Å². The minimum Gasteiger partial charge on any atom is -0.508 e. The molecule has 1 unspecified atom stereocenters. The van der Waals surface area contributed by atoms with Gasteiger partial charge in [-0.15, -0.1) is 0 Å². The van der Waals surface area contributed by atoms with E-state index in [0.717, 1.165) is 93.5 Å². The number of unbranched alkanes of at least 4 members (excludes halogenated alkanes) is 2. The maximum atomic E-state index is 14.2. The van der Waals surface area contributed by atoms with Crippen LogP contribution in [-0.4, -0.2) is 85.4 Å². The van der Waals surface area contributed by atoms with E-state index in [1.807, 2.05) is 36.4 Å². The molecule has 0 aromatic heterocycles. The quantitative estimate of drug-likeness (QED) is 0.0743. The molecule has 4 aromatic rings. The maximum absolute atomic E-state index is 14.2. The third kappa shape index (κ3) is 8.93. The second-order valence-electron chi connectivity index (χ2n) is 14.9. The Bertz CT molecular complexity index is 2070. The molecule has 1 saturated heterocycles. The van der Waals surface area contributed by atoms with Gasteiger partial charge in [-0.3, -0.25) is 9.69 Å². The third-order valence-corrected chi connectivity index (χ3v) is 11.3. The zero-order valence-corrected chi connectivity index (χ0v) is 31.4. The average Bonchev–Trinajstić information content (AvgIpc) is 3.54. The number of phenolic OH excluding ortho intramolecular Hbond substituents is 1. The van der Waals surface area contributed by atoms with E-state index in [-0.39, 0.29) is 24.7 Å². The van der Waals surface area contributed by atoms with E-state index >= 15 is 0 Å². The Morgan fingerprint density at radius 2 is 1.67 bits per heavy atom. The lowest BCUT2D eigenvalue weighted by atomic mass is 9.75. The van der Waals surface area contributed by atoms with Crippen LogP contribution in [0.5, 0.6) is 17.2 Å². The number of carbonyl (C=O) groups is 3. The summed E-state index contributed by atoms with van der Waals surface area (Å²) in [5.74, 6) is -1.31. The van der Waals surface area contributed by atoms with Crippen molar-refractivity contribution in [2.24, 2.45) is 0 Å². The van der Waals surface area contributed by atoms with Gasteiger partial charge in [0.25, 0.3) is 5.91 Å². The highest BCUT2D eigenvalue weighted by molar-refractivity contribution is 6.00. The predicted octanol–water partition coefficient (Wildman–Crippen LogP) is 7.73. The van der Waals surface area contributed by atoms with Crippen molar-refractivity contribution in [3.8, 4) is 17.2 Å². The van der Waals surface area contributed by atoms with Gasteiger partial charge in [-0.2, -0.15) is 13.2 Å². The summed E-state index contributed by atoms with van der Waals surface area (Å²) >= 11 is 0. The topological polar surface area (TPSA) is 99.6 Å². The first-order valence-electron chi connectivity index (χ1n) is 19.4. The molecule has 0 radical (unpaired) electrons. The second-order valence-corrected chi connectivity index (χ2v) is 14.9. The fourth-order valence-electron chi connectivity index (χ4n) is 8.22. The van der Waals surface area contributed by atoms with Crippen molar-refractivity contribution < 1.29 is 46.5 Å². The minimum atomic E-state index is -4.84. The predicted molar refractivity (Wildman–Crippen MR) is 205 cm³/mol. The number of carbonyl (C=O) groups excluding carboxylic acids is 3. The van der Waals surface area contributed by atoms with Crippen molar-refractivity contribution in [1.82, 2.24) is 9.80 Å². The Labute approximate surface area is 328 Å². The number of benzene rings is 4. The van der Waals surface area contributed by atoms with Crippen LogP contribution in [0.3, 0.4) is 0 Å². The van der Waals surface area contributed by atoms with Crippen LogP contribution in [0.4, 0.5) is 23.2 Å². The third-order valence-electron chi connectivity index (χ3n) is 11.3. The van der Waals surface area contributed by atoms with Gasteiger partial charge in [0, 0.05) is 73.9 Å². The van der Waals surface area contributed by atoms with E-state index < -0.39 is 35.4 Å². The van der Waals surface area contributed by atoms with Gasteiger partial charge in [-0.05, 0) is 97.4 Å². The first-order chi connectivity index (χ1) is 27.5. The monoisotopic (exact) mass is 787 g/mol. The van der Waals surface area contributed by atoms with Gasteiger partial charge in [0.2, 0.25) is 0 Å². The number of aromatic hydroxyl groups is 1. The molecule has 0 saturated carbocycles. The van der Waals surface area contributed by atoms with Gasteiger partial charge in [-0.1, -0.05) is 24.3 Å². The Hall–Kier alpha value is -5.43. The fourth-order valence-corrected chi connectivity index (χ4v) is 8.22. The SMILES string of the molecule is O=CCCC(C=O)N1Cc2cc(N3CCN(CCCCCOc4ccc([C@@H]5c6ccc(O)cc6OC[C@@H]5c5ccc(F)c(C(F)(F)F)c5)cc4)CC3)ccc2C1=O. The van der Waals surface area contributed by atoms with Gasteiger partial charge in [-0.25, -0.2) is 4.39 Å². The number of ether oxygens (including phenoxy) is 2. The number of hydrogen-bond acceptors (Lipinski definition) is 8. The molecule has 3 aliphatic heterocycles. The van der Waals surface area contributed by atoms with Crippen molar-refractivity contribution in [1.29, 1.82) is 0 Å². The van der Waals surface area contributed by atoms with Crippen LogP contribution >= 0.6 is 0 Å². The van der Waals surface area contributed by atoms with Gasteiger partial charge in [0.1, 0.15) is 35.6 Å². The van der Waals surface area contributed by atoms with Crippen molar-refractivity contribution in [3.05, 3.63) is 118 Å². The molecule has 300 valence electrons. The number of rotatable bonds is 15. The van der Waals surface area contributed by atoms with E-state index in [1.165, 1.54) is 18.2 Å². The Morgan fingerprint density at radius 3 is 2.40 bits per heavy atom. The van der Waals surface area contributed by atoms with Crippen molar-refractivity contribution in [3.63, 3.8) is 0 Å². The Morgan fingerprint density at radius 1 is 0.895 bits per heavy atom. The molecule has 13 heteroatoms. The number of fused-ring (bicyclic) bond motifs is 2. The summed E-state index contributed by atoms with van der Waals surface area (Å²) in [6.45, 7) is 5.52. The van der Waals surface area contributed by atoms with Crippen LogP contribution in [0.15, 0.2) is 78.9 Å². The lowest BCUT2D eigenvalue weighted by Gasteiger charge is -2.36. The Balaban J connectivity index is 0.875. The lowest BCUT2D eigenvalue weighted by molar-refractivity contribution is -0.140. The molecule has 9 nitrogen and oxygen atoms in total. The summed E-state index contributed by atoms with van der Waals surface area (Å²) in [5.41, 5.74) is 3.11. The molecule has 3 atom stereocenters. The number of anilines is 1. The summed E-state index contributed by atoms with van der Waals surface area (Å²) in [5, 5.41) is 10.1. The normalized spacial score (nSPS) is 18.8.